The van der Waals surface area contributed by atoms with Crippen LogP contribution in [0.1, 0.15) is 24.8 Å². The summed E-state index contributed by atoms with van der Waals surface area (Å²) in [5.41, 5.74) is 1.15. The summed E-state index contributed by atoms with van der Waals surface area (Å²) in [6.07, 6.45) is 3.72. The molecule has 0 bridgehead atoms. The lowest BCUT2D eigenvalue weighted by Crippen LogP contribution is -2.30. The van der Waals surface area contributed by atoms with E-state index in [1.165, 1.54) is 19.3 Å². The lowest BCUT2D eigenvalue weighted by molar-refractivity contribution is 0.242. The van der Waals surface area contributed by atoms with Gasteiger partial charge in [-0.25, -0.2) is 0 Å². The van der Waals surface area contributed by atoms with Gasteiger partial charge in [0, 0.05) is 18.2 Å². The maximum absolute atomic E-state index is 5.60. The van der Waals surface area contributed by atoms with E-state index in [9.17, 15) is 0 Å². The minimum atomic E-state index is 0.675. The molecule has 0 radical (unpaired) electrons. The van der Waals surface area contributed by atoms with Crippen LogP contribution in [0, 0.1) is 0 Å². The molecule has 1 heterocycles. The topological polar surface area (TPSA) is 34.2 Å². The zero-order chi connectivity index (χ0) is 16.8. The van der Waals surface area contributed by atoms with E-state index < -0.39 is 0 Å². The highest BCUT2D eigenvalue weighted by atomic mass is 16.5. The smallest absolute Gasteiger partial charge is 0.203 e. The van der Waals surface area contributed by atoms with Gasteiger partial charge in [-0.2, -0.15) is 0 Å². The standard InChI is InChI=1S/C18H30N2O3/c1-19(2)15-7-6-11-20(12-10-15)13-14-8-9-16(21-3)18(23-5)17(14)22-4/h8-9,15H,6-7,10-13H2,1-5H3/t15-/m1/s1. The molecule has 2 rings (SSSR count). The van der Waals surface area contributed by atoms with Crippen LogP contribution >= 0.6 is 0 Å². The third-order valence-corrected chi connectivity index (χ3v) is 4.70. The Kier molecular flexibility index (Phi) is 6.54. The van der Waals surface area contributed by atoms with Gasteiger partial charge in [-0.15, -0.1) is 0 Å². The molecule has 1 aromatic rings. The predicted molar refractivity (Wildman–Crippen MR) is 92.7 cm³/mol. The van der Waals surface area contributed by atoms with Gasteiger partial charge in [-0.05, 0) is 52.5 Å². The minimum absolute atomic E-state index is 0.675. The van der Waals surface area contributed by atoms with E-state index in [0.29, 0.717) is 17.5 Å². The molecule has 1 aliphatic heterocycles. The summed E-state index contributed by atoms with van der Waals surface area (Å²) >= 11 is 0. The van der Waals surface area contributed by atoms with Crippen molar-refractivity contribution >= 4 is 0 Å². The molecule has 1 aromatic carbocycles. The van der Waals surface area contributed by atoms with E-state index in [0.717, 1.165) is 30.9 Å². The number of rotatable bonds is 6. The van der Waals surface area contributed by atoms with Crippen LogP contribution in [0.5, 0.6) is 17.2 Å². The minimum Gasteiger partial charge on any atom is -0.493 e. The van der Waals surface area contributed by atoms with Crippen molar-refractivity contribution < 1.29 is 14.2 Å². The maximum atomic E-state index is 5.60. The van der Waals surface area contributed by atoms with Crippen molar-refractivity contribution in [2.24, 2.45) is 0 Å². The van der Waals surface area contributed by atoms with Crippen LogP contribution in [0.25, 0.3) is 0 Å². The van der Waals surface area contributed by atoms with E-state index in [-0.39, 0.29) is 0 Å². The van der Waals surface area contributed by atoms with Crippen LogP contribution in [-0.4, -0.2) is 64.4 Å². The summed E-state index contributed by atoms with van der Waals surface area (Å²) in [6.45, 7) is 3.12. The number of hydrogen-bond acceptors (Lipinski definition) is 5. The lowest BCUT2D eigenvalue weighted by atomic mass is 10.1. The van der Waals surface area contributed by atoms with Gasteiger partial charge >= 0.3 is 0 Å². The number of likely N-dealkylation sites (tertiary alicyclic amines) is 1. The Morgan fingerprint density at radius 2 is 1.74 bits per heavy atom. The van der Waals surface area contributed by atoms with E-state index in [1.807, 2.05) is 6.07 Å². The molecule has 1 saturated heterocycles. The van der Waals surface area contributed by atoms with E-state index in [4.69, 9.17) is 14.2 Å². The van der Waals surface area contributed by atoms with Crippen LogP contribution in [0.4, 0.5) is 0 Å². The highest BCUT2D eigenvalue weighted by Gasteiger charge is 2.21. The Hall–Kier alpha value is -1.46. The molecule has 1 aliphatic rings. The zero-order valence-corrected chi connectivity index (χ0v) is 15.1. The maximum Gasteiger partial charge on any atom is 0.203 e. The summed E-state index contributed by atoms with van der Waals surface area (Å²) in [6, 6.07) is 4.72. The second kappa shape index (κ2) is 8.41. The monoisotopic (exact) mass is 322 g/mol. The first-order valence-electron chi connectivity index (χ1n) is 8.27. The molecule has 0 aliphatic carbocycles. The molecular weight excluding hydrogens is 292 g/mol. The molecule has 5 heteroatoms. The van der Waals surface area contributed by atoms with Gasteiger partial charge in [0.15, 0.2) is 11.5 Å². The molecule has 0 amide bonds. The second-order valence-electron chi connectivity index (χ2n) is 6.32. The summed E-state index contributed by atoms with van der Waals surface area (Å²) < 4.78 is 16.4. The SMILES string of the molecule is COc1ccc(CN2CCC[C@@H](N(C)C)CC2)c(OC)c1OC. The third-order valence-electron chi connectivity index (χ3n) is 4.70. The van der Waals surface area contributed by atoms with Gasteiger partial charge in [-0.3, -0.25) is 4.90 Å². The van der Waals surface area contributed by atoms with Crippen molar-refractivity contribution in [2.75, 3.05) is 48.5 Å². The van der Waals surface area contributed by atoms with Gasteiger partial charge in [0.25, 0.3) is 0 Å². The largest absolute Gasteiger partial charge is 0.493 e. The number of methoxy groups -OCH3 is 3. The molecule has 0 unspecified atom stereocenters. The Bertz CT molecular complexity index is 505. The van der Waals surface area contributed by atoms with Crippen LogP contribution in [-0.2, 0) is 6.54 Å². The number of benzene rings is 1. The molecule has 1 atom stereocenters. The zero-order valence-electron chi connectivity index (χ0n) is 15.1. The number of nitrogens with zero attached hydrogens (tertiary/aromatic N) is 2. The van der Waals surface area contributed by atoms with Crippen LogP contribution < -0.4 is 14.2 Å². The second-order valence-corrected chi connectivity index (χ2v) is 6.32. The van der Waals surface area contributed by atoms with E-state index >= 15 is 0 Å². The Morgan fingerprint density at radius 3 is 2.35 bits per heavy atom. The average Bonchev–Trinajstić information content (AvgIpc) is 2.79. The molecule has 0 N–H and O–H groups in total. The first kappa shape index (κ1) is 17.9. The Balaban J connectivity index is 2.13. The number of hydrogen-bond donors (Lipinski definition) is 0. The first-order valence-corrected chi connectivity index (χ1v) is 8.27. The van der Waals surface area contributed by atoms with Gasteiger partial charge in [0.05, 0.1) is 21.3 Å². The normalized spacial score (nSPS) is 19.5. The number of ether oxygens (including phenoxy) is 3. The van der Waals surface area contributed by atoms with Gasteiger partial charge < -0.3 is 19.1 Å². The fraction of sp³-hybridized carbons (Fsp3) is 0.667. The van der Waals surface area contributed by atoms with Crippen LogP contribution in [0.3, 0.4) is 0 Å². The van der Waals surface area contributed by atoms with Crippen molar-refractivity contribution in [3.05, 3.63) is 17.7 Å². The fourth-order valence-electron chi connectivity index (χ4n) is 3.34. The van der Waals surface area contributed by atoms with Crippen molar-refractivity contribution in [3.8, 4) is 17.2 Å². The quantitative estimate of drug-likeness (QED) is 0.804. The van der Waals surface area contributed by atoms with Crippen LogP contribution in [0.15, 0.2) is 12.1 Å². The molecule has 0 saturated carbocycles. The van der Waals surface area contributed by atoms with Gasteiger partial charge in [0.2, 0.25) is 5.75 Å². The summed E-state index contributed by atoms with van der Waals surface area (Å²) in [7, 11) is 9.34. The molecule has 23 heavy (non-hydrogen) atoms. The van der Waals surface area contributed by atoms with Gasteiger partial charge in [0.1, 0.15) is 0 Å². The van der Waals surface area contributed by atoms with Crippen molar-refractivity contribution in [2.45, 2.75) is 31.8 Å². The van der Waals surface area contributed by atoms with E-state index in [1.54, 1.807) is 21.3 Å². The van der Waals surface area contributed by atoms with E-state index in [2.05, 4.69) is 30.0 Å². The molecule has 0 spiro atoms. The molecule has 0 aromatic heterocycles. The van der Waals surface area contributed by atoms with Crippen molar-refractivity contribution in [3.63, 3.8) is 0 Å². The first-order chi connectivity index (χ1) is 11.1. The molecule has 5 nitrogen and oxygen atoms in total. The fourth-order valence-corrected chi connectivity index (χ4v) is 3.34. The molecule has 130 valence electrons. The average molecular weight is 322 g/mol. The predicted octanol–water partition coefficient (Wildman–Crippen LogP) is 2.63. The van der Waals surface area contributed by atoms with Crippen molar-refractivity contribution in [1.82, 2.24) is 9.80 Å². The summed E-state index contributed by atoms with van der Waals surface area (Å²) in [5.74, 6) is 2.16. The highest BCUT2D eigenvalue weighted by Crippen LogP contribution is 2.40. The summed E-state index contributed by atoms with van der Waals surface area (Å²) in [5, 5.41) is 0. The molecule has 1 fully saturated rings. The van der Waals surface area contributed by atoms with Gasteiger partial charge in [-0.1, -0.05) is 6.07 Å². The molecular formula is C18H30N2O3. The van der Waals surface area contributed by atoms with Crippen molar-refractivity contribution in [1.29, 1.82) is 0 Å². The lowest BCUT2D eigenvalue weighted by Gasteiger charge is -2.24. The summed E-state index contributed by atoms with van der Waals surface area (Å²) in [4.78, 5) is 4.85. The Morgan fingerprint density at radius 1 is 1.00 bits per heavy atom. The highest BCUT2D eigenvalue weighted by molar-refractivity contribution is 5.55. The van der Waals surface area contributed by atoms with Crippen LogP contribution in [0.2, 0.25) is 0 Å². The third kappa shape index (κ3) is 4.30. The Labute approximate surface area is 140 Å².